The van der Waals surface area contributed by atoms with Crippen LogP contribution in [0.15, 0.2) is 59.4 Å². The van der Waals surface area contributed by atoms with E-state index in [0.717, 1.165) is 36.1 Å². The van der Waals surface area contributed by atoms with Gasteiger partial charge in [0.2, 0.25) is 5.56 Å². The predicted octanol–water partition coefficient (Wildman–Crippen LogP) is 4.64. The minimum Gasteiger partial charge on any atom is -0.349 e. The van der Waals surface area contributed by atoms with Crippen LogP contribution >= 0.6 is 11.6 Å². The first kappa shape index (κ1) is 17.8. The Hall–Kier alpha value is -2.59. The first-order chi connectivity index (χ1) is 13.1. The number of amides is 1. The second-order valence-corrected chi connectivity index (χ2v) is 7.61. The fraction of sp³-hybridized carbons (Fsp3) is 0.273. The van der Waals surface area contributed by atoms with Gasteiger partial charge >= 0.3 is 0 Å². The summed E-state index contributed by atoms with van der Waals surface area (Å²) in [6.45, 7) is 0. The summed E-state index contributed by atoms with van der Waals surface area (Å²) < 4.78 is 0. The lowest BCUT2D eigenvalue weighted by atomic mass is 9.81. The smallest absolute Gasteiger partial charge is 0.252 e. The molecule has 2 unspecified atom stereocenters. The van der Waals surface area contributed by atoms with E-state index in [9.17, 15) is 9.59 Å². The number of aromatic nitrogens is 1. The number of rotatable bonds is 3. The largest absolute Gasteiger partial charge is 0.349 e. The lowest BCUT2D eigenvalue weighted by Crippen LogP contribution is -2.38. The van der Waals surface area contributed by atoms with Gasteiger partial charge in [0.1, 0.15) is 0 Å². The first-order valence-electron chi connectivity index (χ1n) is 9.28. The number of pyridine rings is 1. The van der Waals surface area contributed by atoms with Gasteiger partial charge in [0, 0.05) is 28.0 Å². The van der Waals surface area contributed by atoms with Gasteiger partial charge in [-0.2, -0.15) is 0 Å². The lowest BCUT2D eigenvalue weighted by Gasteiger charge is -2.30. The van der Waals surface area contributed by atoms with Gasteiger partial charge in [0.15, 0.2) is 0 Å². The average molecular weight is 381 g/mol. The second kappa shape index (κ2) is 7.57. The van der Waals surface area contributed by atoms with Gasteiger partial charge in [-0.15, -0.1) is 0 Å². The molecule has 1 aliphatic rings. The maximum atomic E-state index is 12.9. The molecule has 27 heavy (non-hydrogen) atoms. The fourth-order valence-electron chi connectivity index (χ4n) is 4.01. The van der Waals surface area contributed by atoms with Gasteiger partial charge in [-0.1, -0.05) is 48.4 Å². The van der Waals surface area contributed by atoms with E-state index < -0.39 is 0 Å². The topological polar surface area (TPSA) is 62.0 Å². The average Bonchev–Trinajstić information content (AvgIpc) is 2.68. The van der Waals surface area contributed by atoms with E-state index in [1.54, 1.807) is 0 Å². The number of carbonyl (C=O) groups is 1. The van der Waals surface area contributed by atoms with Gasteiger partial charge in [-0.05, 0) is 48.9 Å². The molecule has 0 spiro atoms. The Morgan fingerprint density at radius 3 is 2.67 bits per heavy atom. The molecule has 0 bridgehead atoms. The molecule has 0 radical (unpaired) electrons. The van der Waals surface area contributed by atoms with E-state index in [2.05, 4.69) is 22.4 Å². The molecule has 1 aliphatic carbocycles. The molecule has 5 heteroatoms. The van der Waals surface area contributed by atoms with Gasteiger partial charge in [0.05, 0.1) is 5.56 Å². The SMILES string of the molecule is O=C(NC1CCCC(c2ccc(Cl)cc2)C1)c1cc(=O)[nH]c2ccccc12. The van der Waals surface area contributed by atoms with E-state index in [-0.39, 0.29) is 17.5 Å². The molecule has 4 nitrogen and oxygen atoms in total. The van der Waals surface area contributed by atoms with Gasteiger partial charge in [0.25, 0.3) is 5.91 Å². The molecule has 3 aromatic rings. The Balaban J connectivity index is 1.53. The normalized spacial score (nSPS) is 19.7. The standard InChI is InChI=1S/C22H21ClN2O2/c23-16-10-8-14(9-11-16)15-4-3-5-17(12-15)24-22(27)19-13-21(26)25-20-7-2-1-6-18(19)20/h1-2,6-11,13,15,17H,3-5,12H2,(H,24,27)(H,25,26). The summed E-state index contributed by atoms with van der Waals surface area (Å²) in [5.41, 5.74) is 2.11. The predicted molar refractivity (Wildman–Crippen MR) is 108 cm³/mol. The van der Waals surface area contributed by atoms with Crippen LogP contribution in [0.1, 0.15) is 47.5 Å². The van der Waals surface area contributed by atoms with Crippen LogP contribution in [-0.4, -0.2) is 16.9 Å². The van der Waals surface area contributed by atoms with E-state index in [1.165, 1.54) is 11.6 Å². The number of para-hydroxylation sites is 1. The van der Waals surface area contributed by atoms with E-state index in [4.69, 9.17) is 11.6 Å². The number of carbonyl (C=O) groups excluding carboxylic acids is 1. The molecule has 138 valence electrons. The van der Waals surface area contributed by atoms with Crippen molar-refractivity contribution in [1.82, 2.24) is 10.3 Å². The Morgan fingerprint density at radius 2 is 1.85 bits per heavy atom. The van der Waals surface area contributed by atoms with Crippen LogP contribution in [0.25, 0.3) is 10.9 Å². The molecule has 1 saturated carbocycles. The minimum atomic E-state index is -0.262. The highest BCUT2D eigenvalue weighted by atomic mass is 35.5. The summed E-state index contributed by atoms with van der Waals surface area (Å²) in [6.07, 6.45) is 4.03. The lowest BCUT2D eigenvalue weighted by molar-refractivity contribution is 0.0926. The second-order valence-electron chi connectivity index (χ2n) is 7.18. The maximum Gasteiger partial charge on any atom is 0.252 e. The molecule has 0 saturated heterocycles. The van der Waals surface area contributed by atoms with Crippen molar-refractivity contribution in [3.63, 3.8) is 0 Å². The zero-order chi connectivity index (χ0) is 18.8. The third-order valence-electron chi connectivity index (χ3n) is 5.35. The van der Waals surface area contributed by atoms with Crippen molar-refractivity contribution in [1.29, 1.82) is 0 Å². The number of hydrogen-bond donors (Lipinski definition) is 2. The van der Waals surface area contributed by atoms with Gasteiger partial charge < -0.3 is 10.3 Å². The van der Waals surface area contributed by atoms with Gasteiger partial charge in [-0.25, -0.2) is 0 Å². The summed E-state index contributed by atoms with van der Waals surface area (Å²) in [6, 6.07) is 16.8. The number of fused-ring (bicyclic) bond motifs is 1. The summed E-state index contributed by atoms with van der Waals surface area (Å²) in [4.78, 5) is 27.6. The Bertz CT molecular complexity index is 1030. The number of halogens is 1. The maximum absolute atomic E-state index is 12.9. The molecule has 0 aliphatic heterocycles. The molecule has 1 heterocycles. The summed E-state index contributed by atoms with van der Waals surface area (Å²) >= 11 is 5.99. The molecule has 2 N–H and O–H groups in total. The summed E-state index contributed by atoms with van der Waals surface area (Å²) in [5.74, 6) is 0.233. The van der Waals surface area contributed by atoms with Crippen molar-refractivity contribution in [2.45, 2.75) is 37.6 Å². The monoisotopic (exact) mass is 380 g/mol. The van der Waals surface area contributed by atoms with Crippen molar-refractivity contribution in [3.8, 4) is 0 Å². The zero-order valence-corrected chi connectivity index (χ0v) is 15.6. The van der Waals surface area contributed by atoms with Crippen LogP contribution in [0.5, 0.6) is 0 Å². The van der Waals surface area contributed by atoms with Crippen molar-refractivity contribution < 1.29 is 4.79 Å². The Labute approximate surface area is 162 Å². The third-order valence-corrected chi connectivity index (χ3v) is 5.60. The highest BCUT2D eigenvalue weighted by Gasteiger charge is 2.25. The van der Waals surface area contributed by atoms with Crippen LogP contribution in [0.2, 0.25) is 5.02 Å². The van der Waals surface area contributed by atoms with Crippen LogP contribution in [0, 0.1) is 0 Å². The van der Waals surface area contributed by atoms with Crippen molar-refractivity contribution >= 4 is 28.4 Å². The molecule has 4 rings (SSSR count). The quantitative estimate of drug-likeness (QED) is 0.695. The van der Waals surface area contributed by atoms with E-state index in [1.807, 2.05) is 36.4 Å². The van der Waals surface area contributed by atoms with Crippen molar-refractivity contribution in [3.05, 3.63) is 81.1 Å². The number of hydrogen-bond acceptors (Lipinski definition) is 2. The first-order valence-corrected chi connectivity index (χ1v) is 9.66. The minimum absolute atomic E-state index is 0.102. The molecule has 1 fully saturated rings. The highest BCUT2D eigenvalue weighted by Crippen LogP contribution is 2.33. The van der Waals surface area contributed by atoms with Crippen LogP contribution in [-0.2, 0) is 0 Å². The van der Waals surface area contributed by atoms with Crippen LogP contribution in [0.4, 0.5) is 0 Å². The third kappa shape index (κ3) is 3.91. The van der Waals surface area contributed by atoms with Crippen molar-refractivity contribution in [2.24, 2.45) is 0 Å². The van der Waals surface area contributed by atoms with Crippen LogP contribution in [0.3, 0.4) is 0 Å². The Morgan fingerprint density at radius 1 is 1.07 bits per heavy atom. The van der Waals surface area contributed by atoms with Crippen molar-refractivity contribution in [2.75, 3.05) is 0 Å². The molecular weight excluding hydrogens is 360 g/mol. The molecule has 2 atom stereocenters. The number of benzene rings is 2. The number of H-pyrrole nitrogens is 1. The van der Waals surface area contributed by atoms with E-state index in [0.29, 0.717) is 17.0 Å². The van der Waals surface area contributed by atoms with Crippen LogP contribution < -0.4 is 10.9 Å². The highest BCUT2D eigenvalue weighted by molar-refractivity contribution is 6.30. The zero-order valence-electron chi connectivity index (χ0n) is 14.9. The Kier molecular flexibility index (Phi) is 4.99. The molecule has 1 aromatic heterocycles. The molecular formula is C22H21ClN2O2. The van der Waals surface area contributed by atoms with Gasteiger partial charge in [-0.3, -0.25) is 9.59 Å². The summed E-state index contributed by atoms with van der Waals surface area (Å²) in [7, 11) is 0. The number of aromatic amines is 1. The summed E-state index contributed by atoms with van der Waals surface area (Å²) in [5, 5.41) is 4.65. The molecule has 2 aromatic carbocycles. The fourth-order valence-corrected chi connectivity index (χ4v) is 4.14. The molecule has 1 amide bonds. The van der Waals surface area contributed by atoms with E-state index >= 15 is 0 Å². The number of nitrogens with one attached hydrogen (secondary N) is 2.